The Labute approximate surface area is 152 Å². The van der Waals surface area contributed by atoms with Crippen LogP contribution in [0, 0.1) is 0 Å². The van der Waals surface area contributed by atoms with Crippen LogP contribution in [0.2, 0.25) is 0 Å². The van der Waals surface area contributed by atoms with Crippen LogP contribution in [0.5, 0.6) is 0 Å². The van der Waals surface area contributed by atoms with E-state index in [0.29, 0.717) is 17.8 Å². The Morgan fingerprint density at radius 2 is 2.27 bits per heavy atom. The van der Waals surface area contributed by atoms with Gasteiger partial charge < -0.3 is 9.32 Å². The second kappa shape index (κ2) is 6.56. The van der Waals surface area contributed by atoms with Gasteiger partial charge in [0.1, 0.15) is 9.88 Å². The van der Waals surface area contributed by atoms with Gasteiger partial charge in [-0.1, -0.05) is 6.92 Å². The van der Waals surface area contributed by atoms with Gasteiger partial charge in [-0.3, -0.25) is 9.78 Å². The number of thiazole rings is 1. The number of halogens is 1. The van der Waals surface area contributed by atoms with E-state index in [4.69, 9.17) is 4.42 Å². The molecule has 9 heteroatoms. The Hall–Kier alpha value is -2.68. The Bertz CT molecular complexity index is 954. The van der Waals surface area contributed by atoms with E-state index in [9.17, 15) is 9.18 Å². The minimum atomic E-state index is -1.32. The van der Waals surface area contributed by atoms with Crippen molar-refractivity contribution in [2.45, 2.75) is 38.9 Å². The third kappa shape index (κ3) is 2.98. The van der Waals surface area contributed by atoms with E-state index in [-0.39, 0.29) is 23.6 Å². The molecule has 3 aromatic rings. The topological polar surface area (TPSA) is 85.0 Å². The molecule has 4 rings (SSSR count). The fraction of sp³-hybridized carbons (Fsp3) is 0.353. The Balaban J connectivity index is 1.59. The predicted molar refractivity (Wildman–Crippen MR) is 93.4 cm³/mol. The normalized spacial score (nSPS) is 18.0. The summed E-state index contributed by atoms with van der Waals surface area (Å²) in [5.41, 5.74) is 1.93. The van der Waals surface area contributed by atoms with Crippen molar-refractivity contribution >= 4 is 22.9 Å². The summed E-state index contributed by atoms with van der Waals surface area (Å²) >= 11 is 1.34. The first-order valence-corrected chi connectivity index (χ1v) is 9.01. The van der Waals surface area contributed by atoms with Gasteiger partial charge in [0.25, 0.3) is 11.8 Å². The van der Waals surface area contributed by atoms with Gasteiger partial charge in [-0.15, -0.1) is 21.5 Å². The number of rotatable bonds is 4. The quantitative estimate of drug-likeness (QED) is 0.694. The summed E-state index contributed by atoms with van der Waals surface area (Å²) in [5.74, 6) is 0.383. The van der Waals surface area contributed by atoms with Crippen LogP contribution in [-0.2, 0) is 11.3 Å². The molecule has 0 aromatic carbocycles. The van der Waals surface area contributed by atoms with Crippen LogP contribution in [0.3, 0.4) is 0 Å². The monoisotopic (exact) mass is 373 g/mol. The van der Waals surface area contributed by atoms with Gasteiger partial charge in [0.2, 0.25) is 5.91 Å². The fourth-order valence-electron chi connectivity index (χ4n) is 2.94. The van der Waals surface area contributed by atoms with Gasteiger partial charge in [-0.2, -0.15) is 0 Å². The van der Waals surface area contributed by atoms with Crippen molar-refractivity contribution in [3.8, 4) is 10.8 Å². The van der Waals surface area contributed by atoms with Gasteiger partial charge in [-0.25, -0.2) is 9.37 Å². The van der Waals surface area contributed by atoms with Crippen LogP contribution >= 0.6 is 11.3 Å². The lowest BCUT2D eigenvalue weighted by Crippen LogP contribution is -2.35. The number of carbonyl (C=O) groups is 1. The van der Waals surface area contributed by atoms with Crippen LogP contribution in [0.25, 0.3) is 10.8 Å². The lowest BCUT2D eigenvalue weighted by molar-refractivity contribution is -0.119. The summed E-state index contributed by atoms with van der Waals surface area (Å²) in [6.07, 6.45) is 4.19. The lowest BCUT2D eigenvalue weighted by Gasteiger charge is -2.31. The Morgan fingerprint density at radius 1 is 1.42 bits per heavy atom. The van der Waals surface area contributed by atoms with Gasteiger partial charge in [0, 0.05) is 12.6 Å². The maximum Gasteiger partial charge on any atom is 0.259 e. The molecule has 1 unspecified atom stereocenters. The number of amides is 1. The Morgan fingerprint density at radius 3 is 3.04 bits per heavy atom. The molecule has 1 aliphatic rings. The molecule has 0 bridgehead atoms. The van der Waals surface area contributed by atoms with Gasteiger partial charge in [0.05, 0.1) is 24.6 Å². The minimum absolute atomic E-state index is 0.0427. The summed E-state index contributed by atoms with van der Waals surface area (Å²) in [6, 6.07) is 1.95. The molecular formula is C17H16FN5O2S. The molecule has 0 fully saturated rings. The van der Waals surface area contributed by atoms with E-state index in [1.165, 1.54) is 18.3 Å². The number of aromatic nitrogens is 4. The molecule has 0 N–H and O–H groups in total. The summed E-state index contributed by atoms with van der Waals surface area (Å²) < 4.78 is 18.5. The smallest absolute Gasteiger partial charge is 0.259 e. The van der Waals surface area contributed by atoms with Crippen molar-refractivity contribution in [1.82, 2.24) is 20.2 Å². The van der Waals surface area contributed by atoms with Crippen LogP contribution < -0.4 is 4.90 Å². The molecule has 0 spiro atoms. The zero-order chi connectivity index (χ0) is 18.3. The first-order chi connectivity index (χ1) is 12.5. The highest BCUT2D eigenvalue weighted by molar-refractivity contribution is 7.15. The summed E-state index contributed by atoms with van der Waals surface area (Å²) in [7, 11) is 0. The van der Waals surface area contributed by atoms with E-state index in [1.807, 2.05) is 13.0 Å². The SMILES string of the molecule is CC(F)c1nnc(-c2cnc(CN3C(=O)C[C@@H](C)c4ccncc43)s2)o1. The molecule has 1 aliphatic heterocycles. The molecule has 0 radical (unpaired) electrons. The molecule has 0 saturated carbocycles. The maximum atomic E-state index is 13.2. The van der Waals surface area contributed by atoms with E-state index in [0.717, 1.165) is 16.3 Å². The molecule has 4 heterocycles. The molecule has 3 aromatic heterocycles. The zero-order valence-electron chi connectivity index (χ0n) is 14.2. The van der Waals surface area contributed by atoms with Crippen molar-refractivity contribution in [1.29, 1.82) is 0 Å². The maximum absolute atomic E-state index is 13.2. The van der Waals surface area contributed by atoms with Crippen molar-refractivity contribution in [2.75, 3.05) is 4.90 Å². The molecule has 0 aliphatic carbocycles. The molecule has 0 saturated heterocycles. The predicted octanol–water partition coefficient (Wildman–Crippen LogP) is 3.66. The standard InChI is InChI=1S/C17H16FN5O2S/c1-9-5-15(24)23(12-6-19-4-3-11(9)12)8-14-20-7-13(26-14)17-22-21-16(25-17)10(2)18/h3-4,6-7,9-10H,5,8H2,1-2H3/t9-,10?/m1/s1. The van der Waals surface area contributed by atoms with Gasteiger partial charge in [-0.05, 0) is 24.5 Å². The molecule has 1 amide bonds. The first-order valence-electron chi connectivity index (χ1n) is 8.19. The second-order valence-electron chi connectivity index (χ2n) is 6.20. The fourth-order valence-corrected chi connectivity index (χ4v) is 3.77. The van der Waals surface area contributed by atoms with Crippen molar-refractivity contribution in [3.63, 3.8) is 0 Å². The van der Waals surface area contributed by atoms with Crippen molar-refractivity contribution in [3.05, 3.63) is 41.1 Å². The number of nitrogens with zero attached hydrogens (tertiary/aromatic N) is 5. The molecule has 7 nitrogen and oxygen atoms in total. The first kappa shape index (κ1) is 16.8. The summed E-state index contributed by atoms with van der Waals surface area (Å²) in [4.78, 5) is 23.4. The van der Waals surface area contributed by atoms with E-state index < -0.39 is 6.17 Å². The minimum Gasteiger partial charge on any atom is -0.417 e. The Kier molecular flexibility index (Phi) is 4.23. The molecular weight excluding hydrogens is 357 g/mol. The van der Waals surface area contributed by atoms with E-state index in [2.05, 4.69) is 20.2 Å². The largest absolute Gasteiger partial charge is 0.417 e. The highest BCUT2D eigenvalue weighted by Crippen LogP contribution is 2.36. The van der Waals surface area contributed by atoms with Gasteiger partial charge in [0.15, 0.2) is 6.17 Å². The van der Waals surface area contributed by atoms with Gasteiger partial charge >= 0.3 is 0 Å². The van der Waals surface area contributed by atoms with E-state index >= 15 is 0 Å². The van der Waals surface area contributed by atoms with E-state index in [1.54, 1.807) is 23.5 Å². The number of carbonyl (C=O) groups excluding carboxylic acids is 1. The number of alkyl halides is 1. The summed E-state index contributed by atoms with van der Waals surface area (Å²) in [5, 5.41) is 8.26. The highest BCUT2D eigenvalue weighted by atomic mass is 32.1. The van der Waals surface area contributed by atoms with Crippen LogP contribution in [0.1, 0.15) is 48.8 Å². The molecule has 134 valence electrons. The number of hydrogen-bond donors (Lipinski definition) is 0. The highest BCUT2D eigenvalue weighted by Gasteiger charge is 2.29. The number of anilines is 1. The second-order valence-corrected chi connectivity index (χ2v) is 7.31. The lowest BCUT2D eigenvalue weighted by atomic mass is 9.92. The number of fused-ring (bicyclic) bond motifs is 1. The van der Waals surface area contributed by atoms with Crippen molar-refractivity contribution < 1.29 is 13.6 Å². The average Bonchev–Trinajstić information content (AvgIpc) is 3.28. The molecule has 2 atom stereocenters. The number of hydrogen-bond acceptors (Lipinski definition) is 7. The van der Waals surface area contributed by atoms with Crippen LogP contribution in [-0.4, -0.2) is 26.1 Å². The summed E-state index contributed by atoms with van der Waals surface area (Å²) in [6.45, 7) is 3.72. The third-order valence-electron chi connectivity index (χ3n) is 4.27. The van der Waals surface area contributed by atoms with Crippen LogP contribution in [0.4, 0.5) is 10.1 Å². The van der Waals surface area contributed by atoms with Crippen LogP contribution in [0.15, 0.2) is 29.1 Å². The zero-order valence-corrected chi connectivity index (χ0v) is 15.0. The number of pyridine rings is 1. The third-order valence-corrected chi connectivity index (χ3v) is 5.25. The average molecular weight is 373 g/mol. The molecule has 26 heavy (non-hydrogen) atoms. The van der Waals surface area contributed by atoms with Crippen molar-refractivity contribution in [2.24, 2.45) is 0 Å².